The summed E-state index contributed by atoms with van der Waals surface area (Å²) in [6.45, 7) is 15.6. The maximum absolute atomic E-state index is 14.7. The lowest BCUT2D eigenvalue weighted by Gasteiger charge is -2.60. The van der Waals surface area contributed by atoms with Gasteiger partial charge in [-0.05, 0) is 120 Å². The Morgan fingerprint density at radius 3 is 2.53 bits per heavy atom. The molecule has 10 heteroatoms. The first-order chi connectivity index (χ1) is 28.5. The van der Waals surface area contributed by atoms with E-state index in [4.69, 9.17) is 24.2 Å². The molecule has 2 heterocycles. The number of amides is 1. The Kier molecular flexibility index (Phi) is 15.7. The molecule has 6 rings (SSSR count). The van der Waals surface area contributed by atoms with Crippen LogP contribution in [0.2, 0.25) is 0 Å². The van der Waals surface area contributed by atoms with Crippen LogP contribution in [0.5, 0.6) is 11.5 Å². The summed E-state index contributed by atoms with van der Waals surface area (Å²) < 4.78 is 21.0. The second kappa shape index (κ2) is 20.7. The van der Waals surface area contributed by atoms with Gasteiger partial charge in [-0.3, -0.25) is 9.78 Å². The number of rotatable bonds is 21. The van der Waals surface area contributed by atoms with Crippen LogP contribution in [-0.4, -0.2) is 75.5 Å². The third-order valence-corrected chi connectivity index (χ3v) is 12.8. The SMILES string of the molecule is C=CCO[C@@]12Oc3ccc(OCc4cccc(C)n4)cc3[C@H]3[C@H](CCCCO)[C@@H](CCCCO)C=C(C(=NOC(C)(C)C)C[C@@H]1N(CCC)C(=O)CCC1CCCC1)[C@H]32. The number of hydrogen-bond donors (Lipinski definition) is 2. The zero-order chi connectivity index (χ0) is 42.0. The Morgan fingerprint density at radius 1 is 1.07 bits per heavy atom. The van der Waals surface area contributed by atoms with Crippen molar-refractivity contribution in [2.45, 2.75) is 154 Å². The maximum Gasteiger partial charge on any atom is 0.239 e. The van der Waals surface area contributed by atoms with Gasteiger partial charge in [-0.1, -0.05) is 68.8 Å². The van der Waals surface area contributed by atoms with Gasteiger partial charge in [0.2, 0.25) is 11.7 Å². The molecule has 1 aromatic heterocycles. The lowest BCUT2D eigenvalue weighted by molar-refractivity contribution is -0.257. The Bertz CT molecular complexity index is 1760. The molecule has 2 aromatic rings. The average molecular weight is 814 g/mol. The molecule has 0 spiro atoms. The van der Waals surface area contributed by atoms with Crippen LogP contribution >= 0.6 is 0 Å². The number of oxime groups is 1. The molecule has 0 bridgehead atoms. The summed E-state index contributed by atoms with van der Waals surface area (Å²) in [5, 5.41) is 24.9. The number of hydrogen-bond acceptors (Lipinski definition) is 9. The number of carbonyl (C=O) groups is 1. The average Bonchev–Trinajstić information content (AvgIpc) is 3.75. The summed E-state index contributed by atoms with van der Waals surface area (Å²) in [7, 11) is 0. The van der Waals surface area contributed by atoms with Crippen molar-refractivity contribution in [1.29, 1.82) is 0 Å². The number of aliphatic hydroxyl groups excluding tert-OH is 2. The van der Waals surface area contributed by atoms with Crippen molar-refractivity contribution in [3.05, 3.63) is 77.7 Å². The third kappa shape index (κ3) is 10.8. The molecule has 2 saturated carbocycles. The number of fused-ring (bicyclic) bond motifs is 2. The topological polar surface area (TPSA) is 123 Å². The van der Waals surface area contributed by atoms with E-state index >= 15 is 0 Å². The van der Waals surface area contributed by atoms with Crippen molar-refractivity contribution in [1.82, 2.24) is 9.88 Å². The van der Waals surface area contributed by atoms with Crippen molar-refractivity contribution in [3.63, 3.8) is 0 Å². The number of nitrogens with zero attached hydrogens (tertiary/aromatic N) is 3. The normalized spacial score (nSPS) is 25.8. The van der Waals surface area contributed by atoms with Gasteiger partial charge >= 0.3 is 0 Å². The van der Waals surface area contributed by atoms with Gasteiger partial charge in [-0.15, -0.1) is 6.58 Å². The molecule has 10 nitrogen and oxygen atoms in total. The highest BCUT2D eigenvalue weighted by Crippen LogP contribution is 2.62. The van der Waals surface area contributed by atoms with Crippen molar-refractivity contribution < 1.29 is 34.1 Å². The molecule has 59 heavy (non-hydrogen) atoms. The zero-order valence-electron chi connectivity index (χ0n) is 36.5. The highest BCUT2D eigenvalue weighted by molar-refractivity contribution is 6.03. The first kappa shape index (κ1) is 44.8. The minimum atomic E-state index is -1.25. The molecule has 1 aromatic carbocycles. The predicted molar refractivity (Wildman–Crippen MR) is 232 cm³/mol. The van der Waals surface area contributed by atoms with E-state index in [0.717, 1.165) is 84.7 Å². The van der Waals surface area contributed by atoms with Gasteiger partial charge in [-0.25, -0.2) is 0 Å². The molecule has 3 aliphatic carbocycles. The molecule has 0 radical (unpaired) electrons. The van der Waals surface area contributed by atoms with Crippen LogP contribution in [0, 0.1) is 30.6 Å². The summed E-state index contributed by atoms with van der Waals surface area (Å²) in [6, 6.07) is 11.6. The maximum atomic E-state index is 14.7. The molecule has 324 valence electrons. The van der Waals surface area contributed by atoms with Gasteiger partial charge < -0.3 is 34.2 Å². The molecular formula is C49H71N3O7. The Morgan fingerprint density at radius 2 is 1.83 bits per heavy atom. The van der Waals surface area contributed by atoms with Crippen molar-refractivity contribution in [2.75, 3.05) is 26.4 Å². The molecule has 4 aliphatic rings. The summed E-state index contributed by atoms with van der Waals surface area (Å²) in [5.41, 5.74) is 4.17. The van der Waals surface area contributed by atoms with Crippen LogP contribution < -0.4 is 9.47 Å². The van der Waals surface area contributed by atoms with Crippen LogP contribution in [-0.2, 0) is 21.0 Å². The fraction of sp³-hybridized carbons (Fsp3) is 0.653. The highest BCUT2D eigenvalue weighted by atomic mass is 16.7. The summed E-state index contributed by atoms with van der Waals surface area (Å²) in [4.78, 5) is 27.8. The molecule has 2 fully saturated rings. The fourth-order valence-corrected chi connectivity index (χ4v) is 10.2. The molecule has 1 aliphatic heterocycles. The number of benzene rings is 1. The monoisotopic (exact) mass is 814 g/mol. The Hall–Kier alpha value is -3.73. The van der Waals surface area contributed by atoms with Crippen molar-refractivity contribution in [2.24, 2.45) is 28.8 Å². The summed E-state index contributed by atoms with van der Waals surface area (Å²) >= 11 is 0. The van der Waals surface area contributed by atoms with E-state index in [-0.39, 0.29) is 49.4 Å². The van der Waals surface area contributed by atoms with E-state index in [9.17, 15) is 15.0 Å². The number of carbonyl (C=O) groups excluding carboxylic acids is 1. The number of unbranched alkanes of at least 4 members (excludes halogenated alkanes) is 2. The van der Waals surface area contributed by atoms with E-state index < -0.39 is 17.4 Å². The van der Waals surface area contributed by atoms with Gasteiger partial charge in [0, 0.05) is 49.8 Å². The first-order valence-electron chi connectivity index (χ1n) is 22.6. The van der Waals surface area contributed by atoms with E-state index in [1.807, 2.05) is 58.0 Å². The molecule has 6 atom stereocenters. The minimum absolute atomic E-state index is 0.110. The van der Waals surface area contributed by atoms with Crippen LogP contribution in [0.4, 0.5) is 0 Å². The fourth-order valence-electron chi connectivity index (χ4n) is 10.2. The van der Waals surface area contributed by atoms with Crippen LogP contribution in [0.15, 0.2) is 65.9 Å². The minimum Gasteiger partial charge on any atom is -0.487 e. The van der Waals surface area contributed by atoms with Gasteiger partial charge in [0.1, 0.15) is 29.7 Å². The first-order valence-corrected chi connectivity index (χ1v) is 22.6. The predicted octanol–water partition coefficient (Wildman–Crippen LogP) is 9.61. The highest BCUT2D eigenvalue weighted by Gasteiger charge is 2.65. The Balaban J connectivity index is 1.54. The second-order valence-electron chi connectivity index (χ2n) is 18.3. The Labute approximate surface area is 353 Å². The number of aliphatic hydroxyl groups is 2. The van der Waals surface area contributed by atoms with Gasteiger partial charge in [0.05, 0.1) is 23.9 Å². The van der Waals surface area contributed by atoms with Gasteiger partial charge in [0.25, 0.3) is 0 Å². The molecular weight excluding hydrogens is 743 g/mol. The van der Waals surface area contributed by atoms with Crippen LogP contribution in [0.25, 0.3) is 0 Å². The van der Waals surface area contributed by atoms with E-state index in [1.54, 1.807) is 6.08 Å². The van der Waals surface area contributed by atoms with E-state index in [1.165, 1.54) is 25.7 Å². The molecule has 0 saturated heterocycles. The number of aromatic nitrogens is 1. The van der Waals surface area contributed by atoms with Crippen LogP contribution in [0.1, 0.15) is 140 Å². The number of allylic oxidation sites excluding steroid dienone is 1. The lowest BCUT2D eigenvalue weighted by atomic mass is 9.55. The van der Waals surface area contributed by atoms with Crippen LogP contribution in [0.3, 0.4) is 0 Å². The number of ether oxygens (including phenoxy) is 3. The zero-order valence-corrected chi connectivity index (χ0v) is 36.5. The van der Waals surface area contributed by atoms with Gasteiger partial charge in [-0.2, -0.15) is 0 Å². The van der Waals surface area contributed by atoms with E-state index in [2.05, 4.69) is 35.5 Å². The second-order valence-corrected chi connectivity index (χ2v) is 18.3. The lowest BCUT2D eigenvalue weighted by Crippen LogP contribution is -2.70. The largest absolute Gasteiger partial charge is 0.487 e. The molecule has 1 amide bonds. The summed E-state index contributed by atoms with van der Waals surface area (Å²) in [5.74, 6) is 0.750. The number of pyridine rings is 1. The smallest absolute Gasteiger partial charge is 0.239 e. The van der Waals surface area contributed by atoms with Crippen molar-refractivity contribution in [3.8, 4) is 11.5 Å². The number of aryl methyl sites for hydroxylation is 1. The van der Waals surface area contributed by atoms with Gasteiger partial charge in [0.15, 0.2) is 0 Å². The quantitative estimate of drug-likeness (QED) is 0.0726. The molecule has 0 unspecified atom stereocenters. The van der Waals surface area contributed by atoms with Crippen molar-refractivity contribution >= 4 is 11.6 Å². The van der Waals surface area contributed by atoms with E-state index in [0.29, 0.717) is 38.3 Å². The third-order valence-electron chi connectivity index (χ3n) is 12.8. The standard InChI is InChI=1S/C49H71N3O7/c1-7-26-52(45(55)25-22-35-17-9-10-18-35)44-32-42(51-59-48(4,5)6)40-30-36(19-11-13-27-53)39(21-12-14-28-54)46-41-31-38(56-33-37-20-15-16-34(3)50-37)23-24-43(41)58-49(44,47(40)46)57-29-8-2/h8,15-16,20,23-24,30-31,35-36,39,44,46-47,53-54H,2,7,9-14,17-19,21-22,25-29,32-33H2,1,3-6H3/t36-,39+,44-,46+,47+,49+/m0/s1. The molecule has 2 N–H and O–H groups in total. The summed E-state index contributed by atoms with van der Waals surface area (Å²) in [6.07, 6.45) is 16.6.